The van der Waals surface area contributed by atoms with Crippen LogP contribution in [0.2, 0.25) is 0 Å². The Balaban J connectivity index is 1.68. The predicted molar refractivity (Wildman–Crippen MR) is 98.4 cm³/mol. The molecule has 130 valence electrons. The molecule has 5 nitrogen and oxygen atoms in total. The first-order chi connectivity index (χ1) is 12.7. The third kappa shape index (κ3) is 1.65. The normalized spacial score (nSPS) is 18.8. The summed E-state index contributed by atoms with van der Waals surface area (Å²) in [5, 5.41) is 2.32. The van der Waals surface area contributed by atoms with Crippen molar-refractivity contribution in [1.82, 2.24) is 0 Å². The van der Waals surface area contributed by atoms with Crippen molar-refractivity contribution in [2.45, 2.75) is 13.0 Å². The van der Waals surface area contributed by atoms with Crippen molar-refractivity contribution in [2.24, 2.45) is 0 Å². The molecule has 3 aromatic rings. The summed E-state index contributed by atoms with van der Waals surface area (Å²) >= 11 is 0. The van der Waals surface area contributed by atoms with Crippen LogP contribution in [0.1, 0.15) is 18.5 Å². The van der Waals surface area contributed by atoms with Gasteiger partial charge in [0.25, 0.3) is 0 Å². The van der Waals surface area contributed by atoms with E-state index in [1.807, 2.05) is 6.07 Å². The van der Waals surface area contributed by atoms with E-state index in [4.69, 9.17) is 18.9 Å². The van der Waals surface area contributed by atoms with Gasteiger partial charge in [0.2, 0.25) is 13.6 Å². The highest BCUT2D eigenvalue weighted by molar-refractivity contribution is 6.05. The molecule has 0 bridgehead atoms. The molecule has 5 heteroatoms. The summed E-state index contributed by atoms with van der Waals surface area (Å²) in [4.78, 5) is 2.31. The third-order valence-corrected chi connectivity index (χ3v) is 5.70. The number of anilines is 1. The van der Waals surface area contributed by atoms with Crippen molar-refractivity contribution >= 4 is 16.5 Å². The highest BCUT2D eigenvalue weighted by Gasteiger charge is 2.33. The van der Waals surface area contributed by atoms with Gasteiger partial charge in [-0.25, -0.2) is 0 Å². The minimum Gasteiger partial charge on any atom is -0.454 e. The molecule has 3 heterocycles. The summed E-state index contributed by atoms with van der Waals surface area (Å²) in [7, 11) is 2.13. The Kier molecular flexibility index (Phi) is 2.58. The highest BCUT2D eigenvalue weighted by atomic mass is 16.7. The summed E-state index contributed by atoms with van der Waals surface area (Å²) in [6.07, 6.45) is 0. The van der Waals surface area contributed by atoms with E-state index in [1.54, 1.807) is 0 Å². The van der Waals surface area contributed by atoms with Crippen LogP contribution in [-0.4, -0.2) is 20.6 Å². The monoisotopic (exact) mass is 347 g/mol. The van der Waals surface area contributed by atoms with E-state index < -0.39 is 0 Å². The van der Waals surface area contributed by atoms with E-state index in [1.165, 1.54) is 27.8 Å². The minimum atomic E-state index is 0.171. The molecule has 0 spiro atoms. The van der Waals surface area contributed by atoms with Crippen LogP contribution in [0.3, 0.4) is 0 Å². The molecule has 3 aliphatic heterocycles. The second-order valence-electron chi connectivity index (χ2n) is 6.94. The van der Waals surface area contributed by atoms with Crippen molar-refractivity contribution < 1.29 is 18.9 Å². The van der Waals surface area contributed by atoms with Crippen LogP contribution in [0.5, 0.6) is 23.0 Å². The maximum Gasteiger partial charge on any atom is 0.231 e. The second-order valence-corrected chi connectivity index (χ2v) is 6.94. The molecule has 6 rings (SSSR count). The summed E-state index contributed by atoms with van der Waals surface area (Å²) in [5.74, 6) is 3.33. The zero-order valence-corrected chi connectivity index (χ0v) is 14.5. The fourth-order valence-corrected chi connectivity index (χ4v) is 4.33. The zero-order valence-electron chi connectivity index (χ0n) is 14.5. The van der Waals surface area contributed by atoms with Gasteiger partial charge in [-0.15, -0.1) is 0 Å². The number of hydrogen-bond acceptors (Lipinski definition) is 5. The molecule has 1 unspecified atom stereocenters. The number of ether oxygens (including phenoxy) is 4. The molecular weight excluding hydrogens is 330 g/mol. The Bertz CT molecular complexity index is 1090. The average molecular weight is 347 g/mol. The van der Waals surface area contributed by atoms with Gasteiger partial charge in [-0.1, -0.05) is 12.1 Å². The lowest BCUT2D eigenvalue weighted by atomic mass is 9.86. The molecule has 0 N–H and O–H groups in total. The maximum absolute atomic E-state index is 5.79. The lowest BCUT2D eigenvalue weighted by molar-refractivity contribution is 0.173. The van der Waals surface area contributed by atoms with Crippen LogP contribution in [-0.2, 0) is 0 Å². The Hall–Kier alpha value is -3.08. The smallest absolute Gasteiger partial charge is 0.231 e. The van der Waals surface area contributed by atoms with Gasteiger partial charge in [-0.2, -0.15) is 0 Å². The van der Waals surface area contributed by atoms with Crippen LogP contribution in [0.25, 0.3) is 21.9 Å². The molecule has 0 aromatic heterocycles. The predicted octanol–water partition coefficient (Wildman–Crippen LogP) is 4.48. The van der Waals surface area contributed by atoms with Crippen molar-refractivity contribution in [3.8, 4) is 34.1 Å². The Labute approximate surface area is 150 Å². The van der Waals surface area contributed by atoms with Crippen molar-refractivity contribution in [2.75, 3.05) is 25.5 Å². The van der Waals surface area contributed by atoms with Gasteiger partial charge in [-0.3, -0.25) is 0 Å². The Morgan fingerprint density at radius 2 is 1.58 bits per heavy atom. The lowest BCUT2D eigenvalue weighted by Crippen LogP contribution is -2.26. The van der Waals surface area contributed by atoms with Crippen LogP contribution < -0.4 is 23.8 Å². The number of hydrogen-bond donors (Lipinski definition) is 0. The Morgan fingerprint density at radius 1 is 0.846 bits per heavy atom. The first kappa shape index (κ1) is 14.1. The van der Waals surface area contributed by atoms with Crippen LogP contribution in [0.15, 0.2) is 36.4 Å². The largest absolute Gasteiger partial charge is 0.454 e. The van der Waals surface area contributed by atoms with Crippen molar-refractivity contribution in [3.63, 3.8) is 0 Å². The lowest BCUT2D eigenvalue weighted by Gasteiger charge is -2.37. The molecule has 3 aromatic carbocycles. The van der Waals surface area contributed by atoms with Crippen LogP contribution >= 0.6 is 0 Å². The number of nitrogens with zero attached hydrogens (tertiary/aromatic N) is 1. The second kappa shape index (κ2) is 4.75. The number of fused-ring (bicyclic) bond motifs is 8. The number of benzene rings is 3. The fourth-order valence-electron chi connectivity index (χ4n) is 4.33. The molecule has 0 radical (unpaired) electrons. The molecule has 0 amide bonds. The van der Waals surface area contributed by atoms with Gasteiger partial charge in [0, 0.05) is 23.6 Å². The molecule has 3 aliphatic rings. The van der Waals surface area contributed by atoms with Crippen LogP contribution in [0, 0.1) is 0 Å². The van der Waals surface area contributed by atoms with E-state index >= 15 is 0 Å². The van der Waals surface area contributed by atoms with E-state index in [2.05, 4.69) is 49.2 Å². The van der Waals surface area contributed by atoms with Crippen molar-refractivity contribution in [1.29, 1.82) is 0 Å². The fraction of sp³-hybridized carbons (Fsp3) is 0.238. The summed E-state index contributed by atoms with van der Waals surface area (Å²) in [6, 6.07) is 12.8. The molecule has 1 atom stereocenters. The first-order valence-corrected chi connectivity index (χ1v) is 8.74. The van der Waals surface area contributed by atoms with Gasteiger partial charge in [-0.05, 0) is 42.1 Å². The van der Waals surface area contributed by atoms with Gasteiger partial charge >= 0.3 is 0 Å². The molecule has 0 saturated carbocycles. The van der Waals surface area contributed by atoms with Gasteiger partial charge in [0.05, 0.1) is 11.7 Å². The minimum absolute atomic E-state index is 0.171. The third-order valence-electron chi connectivity index (χ3n) is 5.70. The molecule has 0 saturated heterocycles. The van der Waals surface area contributed by atoms with Crippen molar-refractivity contribution in [3.05, 3.63) is 42.0 Å². The first-order valence-electron chi connectivity index (χ1n) is 8.74. The van der Waals surface area contributed by atoms with Gasteiger partial charge < -0.3 is 23.8 Å². The summed E-state index contributed by atoms with van der Waals surface area (Å²) < 4.78 is 22.5. The molecule has 0 aliphatic carbocycles. The van der Waals surface area contributed by atoms with Crippen LogP contribution in [0.4, 0.5) is 5.69 Å². The number of rotatable bonds is 0. The highest BCUT2D eigenvalue weighted by Crippen LogP contribution is 2.54. The van der Waals surface area contributed by atoms with Gasteiger partial charge in [0.15, 0.2) is 23.0 Å². The SMILES string of the molecule is CC1c2c(ccc3c2OCO3)-c2ccc3cc4c(cc3c2N1C)OCO4. The van der Waals surface area contributed by atoms with E-state index in [0.717, 1.165) is 28.4 Å². The average Bonchev–Trinajstić information content (AvgIpc) is 3.31. The zero-order chi connectivity index (χ0) is 17.4. The molecular formula is C21H17NO4. The summed E-state index contributed by atoms with van der Waals surface area (Å²) in [6.45, 7) is 2.78. The summed E-state index contributed by atoms with van der Waals surface area (Å²) in [5.41, 5.74) is 4.80. The van der Waals surface area contributed by atoms with E-state index in [9.17, 15) is 0 Å². The maximum atomic E-state index is 5.79. The molecule has 0 fully saturated rings. The topological polar surface area (TPSA) is 40.2 Å². The standard InChI is InChI=1S/C21H17NO4/c1-11-19-13(5-6-16-21(19)26-10-23-16)14-4-3-12-7-17-18(25-9-24-17)8-15(12)20(14)22(11)2/h3-8,11H,9-10H2,1-2H3. The molecule has 26 heavy (non-hydrogen) atoms. The quantitative estimate of drug-likeness (QED) is 0.600. The Morgan fingerprint density at radius 3 is 2.46 bits per heavy atom. The van der Waals surface area contributed by atoms with E-state index in [0.29, 0.717) is 0 Å². The van der Waals surface area contributed by atoms with E-state index in [-0.39, 0.29) is 19.6 Å². The van der Waals surface area contributed by atoms with Gasteiger partial charge in [0.1, 0.15) is 0 Å².